The van der Waals surface area contributed by atoms with Gasteiger partial charge >= 0.3 is 11.9 Å². The average molecular weight is 510 g/mol. The minimum absolute atomic E-state index is 0.186. The first-order valence-corrected chi connectivity index (χ1v) is 13.1. The fourth-order valence-electron chi connectivity index (χ4n) is 4.71. The number of benzene rings is 4. The van der Waals surface area contributed by atoms with Gasteiger partial charge in [-0.2, -0.15) is 0 Å². The molecule has 0 saturated carbocycles. The van der Waals surface area contributed by atoms with Crippen molar-refractivity contribution >= 4 is 22.7 Å². The molecule has 2 atom stereocenters. The minimum atomic E-state index is -0.698. The Morgan fingerprint density at radius 3 is 2.21 bits per heavy atom. The molecule has 196 valence electrons. The molecule has 4 aromatic carbocycles. The van der Waals surface area contributed by atoms with E-state index in [9.17, 15) is 9.59 Å². The van der Waals surface area contributed by atoms with E-state index in [0.29, 0.717) is 12.8 Å². The second-order valence-electron chi connectivity index (χ2n) is 9.95. The van der Waals surface area contributed by atoms with Crippen LogP contribution in [0.5, 0.6) is 0 Å². The van der Waals surface area contributed by atoms with Crippen LogP contribution in [0.1, 0.15) is 31.4 Å². The molecule has 38 heavy (non-hydrogen) atoms. The first-order valence-electron chi connectivity index (χ1n) is 13.1. The molecule has 0 heterocycles. The van der Waals surface area contributed by atoms with Crippen molar-refractivity contribution in [1.29, 1.82) is 0 Å². The number of esters is 2. The van der Waals surface area contributed by atoms with Gasteiger partial charge in [0.25, 0.3) is 0 Å². The van der Waals surface area contributed by atoms with Crippen LogP contribution in [0.4, 0.5) is 0 Å². The minimum Gasteiger partial charge on any atom is -0.468 e. The third-order valence-electron chi connectivity index (χ3n) is 6.57. The number of methoxy groups -OCH3 is 1. The van der Waals surface area contributed by atoms with Crippen LogP contribution in [-0.2, 0) is 32.1 Å². The molecule has 2 unspecified atom stereocenters. The molecule has 0 aliphatic carbocycles. The quantitative estimate of drug-likeness (QED) is 0.239. The molecule has 0 bridgehead atoms. The second kappa shape index (κ2) is 13.0. The Morgan fingerprint density at radius 2 is 1.45 bits per heavy atom. The first kappa shape index (κ1) is 27.1. The smallest absolute Gasteiger partial charge is 0.323 e. The van der Waals surface area contributed by atoms with Gasteiger partial charge in [0, 0.05) is 0 Å². The standard InChI is InChI=1S/C33H35NO4/c1-23(2)19-30(33(36)38-22-24-11-5-4-6-12-24)34-31(32(35)37-3)21-25-13-9-16-27(20-25)29-18-10-15-26-14-7-8-17-28(26)29/h4-18,20,23,30-31,34H,19,21-22H2,1-3H3. The summed E-state index contributed by atoms with van der Waals surface area (Å²) in [5.41, 5.74) is 4.09. The van der Waals surface area contributed by atoms with Gasteiger partial charge in [0.2, 0.25) is 0 Å². The fourth-order valence-corrected chi connectivity index (χ4v) is 4.71. The van der Waals surface area contributed by atoms with Gasteiger partial charge < -0.3 is 9.47 Å². The number of nitrogens with one attached hydrogen (secondary N) is 1. The van der Waals surface area contributed by atoms with Gasteiger partial charge in [-0.3, -0.25) is 14.9 Å². The Bertz CT molecular complexity index is 1360. The fraction of sp³-hybridized carbons (Fsp3) is 0.273. The maximum absolute atomic E-state index is 13.1. The number of fused-ring (bicyclic) bond motifs is 1. The van der Waals surface area contributed by atoms with E-state index in [4.69, 9.17) is 9.47 Å². The molecular weight excluding hydrogens is 474 g/mol. The predicted octanol–water partition coefficient (Wildman–Crippen LogP) is 6.34. The molecule has 0 aromatic heterocycles. The van der Waals surface area contributed by atoms with Gasteiger partial charge in [-0.25, -0.2) is 0 Å². The monoisotopic (exact) mass is 509 g/mol. The topological polar surface area (TPSA) is 64.6 Å². The normalized spacial score (nSPS) is 12.7. The van der Waals surface area contributed by atoms with Gasteiger partial charge in [-0.05, 0) is 51.8 Å². The lowest BCUT2D eigenvalue weighted by atomic mass is 9.95. The summed E-state index contributed by atoms with van der Waals surface area (Å²) in [7, 11) is 1.37. The number of ether oxygens (including phenoxy) is 2. The summed E-state index contributed by atoms with van der Waals surface area (Å²) >= 11 is 0. The van der Waals surface area contributed by atoms with E-state index in [-0.39, 0.29) is 18.5 Å². The van der Waals surface area contributed by atoms with Crippen LogP contribution in [0, 0.1) is 5.92 Å². The summed E-state index contributed by atoms with van der Waals surface area (Å²) in [6.07, 6.45) is 0.920. The molecular formula is C33H35NO4. The molecule has 0 aliphatic heterocycles. The lowest BCUT2D eigenvalue weighted by Crippen LogP contribution is -2.49. The van der Waals surface area contributed by atoms with Crippen molar-refractivity contribution in [2.45, 2.75) is 45.4 Å². The predicted molar refractivity (Wildman–Crippen MR) is 152 cm³/mol. The third kappa shape index (κ3) is 7.08. The van der Waals surface area contributed by atoms with E-state index >= 15 is 0 Å². The number of carbonyl (C=O) groups excluding carboxylic acids is 2. The van der Waals surface area contributed by atoms with E-state index in [1.54, 1.807) is 0 Å². The highest BCUT2D eigenvalue weighted by Gasteiger charge is 2.29. The van der Waals surface area contributed by atoms with E-state index in [2.05, 4.69) is 47.8 Å². The second-order valence-corrected chi connectivity index (χ2v) is 9.95. The molecule has 0 radical (unpaired) electrons. The average Bonchev–Trinajstić information content (AvgIpc) is 2.94. The summed E-state index contributed by atoms with van der Waals surface area (Å²) in [5, 5.41) is 5.61. The zero-order valence-electron chi connectivity index (χ0n) is 22.2. The molecule has 5 heteroatoms. The Hall–Kier alpha value is -3.96. The molecule has 0 fully saturated rings. The Morgan fingerprint density at radius 1 is 0.763 bits per heavy atom. The highest BCUT2D eigenvalue weighted by molar-refractivity contribution is 5.96. The highest BCUT2D eigenvalue weighted by atomic mass is 16.5. The van der Waals surface area contributed by atoms with Crippen LogP contribution in [0.25, 0.3) is 21.9 Å². The Balaban J connectivity index is 1.54. The number of carbonyl (C=O) groups is 2. The Kier molecular flexibility index (Phi) is 9.28. The molecule has 4 rings (SSSR count). The molecule has 5 nitrogen and oxygen atoms in total. The summed E-state index contributed by atoms with van der Waals surface area (Å²) in [4.78, 5) is 25.9. The first-order chi connectivity index (χ1) is 18.4. The molecule has 0 spiro atoms. The zero-order chi connectivity index (χ0) is 26.9. The van der Waals surface area contributed by atoms with E-state index in [1.807, 2.05) is 68.4 Å². The summed E-state index contributed by atoms with van der Waals surface area (Å²) in [5.74, 6) is -0.559. The Labute approximate surface area is 224 Å². The summed E-state index contributed by atoms with van der Waals surface area (Å²) in [6, 6.07) is 31.0. The molecule has 0 aliphatic rings. The van der Waals surface area contributed by atoms with Crippen molar-refractivity contribution in [2.24, 2.45) is 5.92 Å². The SMILES string of the molecule is COC(=O)C(Cc1cccc(-c2cccc3ccccc23)c1)NC(CC(C)C)C(=O)OCc1ccccc1. The van der Waals surface area contributed by atoms with Gasteiger partial charge in [-0.15, -0.1) is 0 Å². The molecule has 4 aromatic rings. The van der Waals surface area contributed by atoms with E-state index in [1.165, 1.54) is 17.9 Å². The summed E-state index contributed by atoms with van der Waals surface area (Å²) < 4.78 is 10.7. The van der Waals surface area contributed by atoms with Gasteiger partial charge in [0.05, 0.1) is 7.11 Å². The van der Waals surface area contributed by atoms with Crippen LogP contribution in [0.2, 0.25) is 0 Å². The van der Waals surface area contributed by atoms with Crippen molar-refractivity contribution in [3.05, 3.63) is 108 Å². The van der Waals surface area contributed by atoms with Crippen molar-refractivity contribution in [3.63, 3.8) is 0 Å². The number of hydrogen-bond donors (Lipinski definition) is 1. The lowest BCUT2D eigenvalue weighted by molar-refractivity contribution is -0.149. The maximum atomic E-state index is 13.1. The van der Waals surface area contributed by atoms with Crippen LogP contribution < -0.4 is 5.32 Å². The third-order valence-corrected chi connectivity index (χ3v) is 6.57. The van der Waals surface area contributed by atoms with Crippen molar-refractivity contribution in [1.82, 2.24) is 5.32 Å². The maximum Gasteiger partial charge on any atom is 0.323 e. The van der Waals surface area contributed by atoms with Gasteiger partial charge in [0.1, 0.15) is 18.7 Å². The number of hydrogen-bond acceptors (Lipinski definition) is 5. The van der Waals surface area contributed by atoms with Crippen molar-refractivity contribution in [2.75, 3.05) is 7.11 Å². The van der Waals surface area contributed by atoms with E-state index < -0.39 is 18.1 Å². The van der Waals surface area contributed by atoms with Crippen LogP contribution in [0.15, 0.2) is 97.1 Å². The zero-order valence-corrected chi connectivity index (χ0v) is 22.2. The van der Waals surface area contributed by atoms with Crippen molar-refractivity contribution in [3.8, 4) is 11.1 Å². The van der Waals surface area contributed by atoms with Crippen LogP contribution in [0.3, 0.4) is 0 Å². The lowest BCUT2D eigenvalue weighted by Gasteiger charge is -2.25. The number of rotatable bonds is 11. The van der Waals surface area contributed by atoms with Gasteiger partial charge in [-0.1, -0.05) is 111 Å². The van der Waals surface area contributed by atoms with Crippen LogP contribution in [-0.4, -0.2) is 31.1 Å². The van der Waals surface area contributed by atoms with E-state index in [0.717, 1.165) is 22.3 Å². The van der Waals surface area contributed by atoms with Crippen molar-refractivity contribution < 1.29 is 19.1 Å². The molecule has 0 saturated heterocycles. The van der Waals surface area contributed by atoms with Gasteiger partial charge in [0.15, 0.2) is 0 Å². The summed E-state index contributed by atoms with van der Waals surface area (Å²) in [6.45, 7) is 4.27. The van der Waals surface area contributed by atoms with Crippen LogP contribution >= 0.6 is 0 Å². The molecule has 0 amide bonds. The largest absolute Gasteiger partial charge is 0.468 e. The molecule has 1 N–H and O–H groups in total. The highest BCUT2D eigenvalue weighted by Crippen LogP contribution is 2.29.